The molecule has 1 heterocycles. The molecule has 0 amide bonds. The molecule has 0 radical (unpaired) electrons. The second-order valence-electron chi connectivity index (χ2n) is 5.26. The van der Waals surface area contributed by atoms with E-state index in [-0.39, 0.29) is 23.9 Å². The van der Waals surface area contributed by atoms with Gasteiger partial charge in [-0.25, -0.2) is 0 Å². The maximum atomic E-state index is 10.9. The van der Waals surface area contributed by atoms with Crippen LogP contribution in [0.2, 0.25) is 0 Å². The second-order valence-corrected chi connectivity index (χ2v) is 5.26. The van der Waals surface area contributed by atoms with Crippen molar-refractivity contribution < 1.29 is 18.9 Å². The zero-order chi connectivity index (χ0) is 17.8. The number of benzene rings is 2. The summed E-state index contributed by atoms with van der Waals surface area (Å²) in [5.74, 6) is 1.31. The normalized spacial score (nSPS) is 10.5. The van der Waals surface area contributed by atoms with Crippen molar-refractivity contribution in [1.82, 2.24) is 10.1 Å². The number of ether oxygens (including phenoxy) is 2. The highest BCUT2D eigenvalue weighted by Gasteiger charge is 2.14. The molecule has 3 aromatic rings. The molecule has 0 spiro atoms. The van der Waals surface area contributed by atoms with Gasteiger partial charge in [0.25, 0.3) is 11.6 Å². The van der Waals surface area contributed by atoms with Crippen LogP contribution in [0.1, 0.15) is 11.5 Å². The lowest BCUT2D eigenvalue weighted by molar-refractivity contribution is -0.385. The van der Waals surface area contributed by atoms with E-state index in [1.54, 1.807) is 0 Å². The zero-order valence-electron chi connectivity index (χ0n) is 13.6. The number of nitro groups is 1. The van der Waals surface area contributed by atoms with Gasteiger partial charge >= 0.3 is 0 Å². The minimum atomic E-state index is -0.505. The average molecular weight is 341 g/mol. The van der Waals surface area contributed by atoms with Crippen LogP contribution in [-0.2, 0) is 6.61 Å². The van der Waals surface area contributed by atoms with E-state index in [1.165, 1.54) is 25.3 Å². The molecular formula is C17H15N3O5. The highest BCUT2D eigenvalue weighted by molar-refractivity contribution is 5.54. The molecule has 0 aliphatic heterocycles. The van der Waals surface area contributed by atoms with E-state index in [1.807, 2.05) is 31.2 Å². The van der Waals surface area contributed by atoms with Crippen molar-refractivity contribution in [1.29, 1.82) is 0 Å². The van der Waals surface area contributed by atoms with Gasteiger partial charge in [0.15, 0.2) is 18.1 Å². The smallest absolute Gasteiger partial charge is 0.273 e. The molecule has 8 heteroatoms. The highest BCUT2D eigenvalue weighted by atomic mass is 16.6. The monoisotopic (exact) mass is 341 g/mol. The van der Waals surface area contributed by atoms with Crippen LogP contribution in [0.25, 0.3) is 11.4 Å². The first-order valence-electron chi connectivity index (χ1n) is 7.41. The Balaban J connectivity index is 1.75. The number of hydrogen-bond acceptors (Lipinski definition) is 7. The lowest BCUT2D eigenvalue weighted by Gasteiger charge is -2.08. The Morgan fingerprint density at radius 1 is 1.16 bits per heavy atom. The van der Waals surface area contributed by atoms with Crippen LogP contribution in [0.15, 0.2) is 47.0 Å². The van der Waals surface area contributed by atoms with Crippen LogP contribution in [0.4, 0.5) is 5.69 Å². The van der Waals surface area contributed by atoms with Crippen molar-refractivity contribution in [2.24, 2.45) is 0 Å². The average Bonchev–Trinajstić information content (AvgIpc) is 3.09. The summed E-state index contributed by atoms with van der Waals surface area (Å²) >= 11 is 0. The van der Waals surface area contributed by atoms with E-state index in [4.69, 9.17) is 14.0 Å². The molecule has 0 saturated heterocycles. The van der Waals surface area contributed by atoms with Crippen molar-refractivity contribution in [3.05, 3.63) is 64.0 Å². The van der Waals surface area contributed by atoms with Crippen LogP contribution < -0.4 is 9.47 Å². The van der Waals surface area contributed by atoms with Crippen molar-refractivity contribution in [2.45, 2.75) is 13.5 Å². The third kappa shape index (κ3) is 3.74. The Bertz CT molecular complexity index is 890. The van der Waals surface area contributed by atoms with Gasteiger partial charge in [0.05, 0.1) is 18.1 Å². The SMILES string of the molecule is COc1ccc([N+](=O)[O-])cc1OCc1nc(-c2ccc(C)cc2)no1. The summed E-state index contributed by atoms with van der Waals surface area (Å²) in [6.07, 6.45) is 0. The summed E-state index contributed by atoms with van der Waals surface area (Å²) in [7, 11) is 1.45. The predicted octanol–water partition coefficient (Wildman–Crippen LogP) is 3.54. The van der Waals surface area contributed by atoms with E-state index >= 15 is 0 Å². The Morgan fingerprint density at radius 3 is 2.60 bits per heavy atom. The number of aromatic nitrogens is 2. The van der Waals surface area contributed by atoms with Gasteiger partial charge in [-0.3, -0.25) is 10.1 Å². The largest absolute Gasteiger partial charge is 0.493 e. The standard InChI is InChI=1S/C17H15N3O5/c1-11-3-5-12(6-4-11)17-18-16(25-19-17)10-24-15-9-13(20(21)22)7-8-14(15)23-2/h3-9H,10H2,1-2H3. The molecule has 3 rings (SSSR count). The van der Waals surface area contributed by atoms with Crippen molar-refractivity contribution in [3.8, 4) is 22.9 Å². The first-order chi connectivity index (χ1) is 12.1. The molecule has 0 atom stereocenters. The van der Waals surface area contributed by atoms with E-state index in [0.717, 1.165) is 11.1 Å². The minimum absolute atomic E-state index is 0.0314. The van der Waals surface area contributed by atoms with Crippen LogP contribution in [0.5, 0.6) is 11.5 Å². The highest BCUT2D eigenvalue weighted by Crippen LogP contribution is 2.31. The number of rotatable bonds is 6. The van der Waals surface area contributed by atoms with Gasteiger partial charge in [-0.2, -0.15) is 4.98 Å². The van der Waals surface area contributed by atoms with Crippen molar-refractivity contribution in [2.75, 3.05) is 7.11 Å². The topological polar surface area (TPSA) is 101 Å². The summed E-state index contributed by atoms with van der Waals surface area (Å²) in [5.41, 5.74) is 1.86. The molecule has 2 aromatic carbocycles. The maximum Gasteiger partial charge on any atom is 0.273 e. The molecule has 0 saturated carbocycles. The third-order valence-corrected chi connectivity index (χ3v) is 3.49. The summed E-state index contributed by atoms with van der Waals surface area (Å²) < 4.78 is 15.8. The third-order valence-electron chi connectivity index (χ3n) is 3.49. The minimum Gasteiger partial charge on any atom is -0.493 e. The number of nitro benzene ring substituents is 1. The number of methoxy groups -OCH3 is 1. The summed E-state index contributed by atoms with van der Waals surface area (Å²) in [6.45, 7) is 1.96. The van der Waals surface area contributed by atoms with Crippen LogP contribution >= 0.6 is 0 Å². The quantitative estimate of drug-likeness (QED) is 0.499. The maximum absolute atomic E-state index is 10.9. The van der Waals surface area contributed by atoms with Gasteiger partial charge in [-0.1, -0.05) is 35.0 Å². The number of nitrogens with zero attached hydrogens (tertiary/aromatic N) is 3. The molecule has 0 bridgehead atoms. The second kappa shape index (κ2) is 7.00. The summed E-state index contributed by atoms with van der Waals surface area (Å²) in [5, 5.41) is 14.8. The lowest BCUT2D eigenvalue weighted by Crippen LogP contribution is -1.99. The van der Waals surface area contributed by atoms with E-state index in [9.17, 15) is 10.1 Å². The lowest BCUT2D eigenvalue weighted by atomic mass is 10.1. The van der Waals surface area contributed by atoms with Crippen LogP contribution in [-0.4, -0.2) is 22.2 Å². The predicted molar refractivity (Wildman–Crippen MR) is 88.5 cm³/mol. The Morgan fingerprint density at radius 2 is 1.92 bits per heavy atom. The first kappa shape index (κ1) is 16.4. The number of aryl methyl sites for hydroxylation is 1. The Hall–Kier alpha value is -3.42. The first-order valence-corrected chi connectivity index (χ1v) is 7.41. The van der Waals surface area contributed by atoms with Crippen LogP contribution in [0.3, 0.4) is 0 Å². The van der Waals surface area contributed by atoms with Crippen molar-refractivity contribution >= 4 is 5.69 Å². The van der Waals surface area contributed by atoms with Gasteiger partial charge in [0.1, 0.15) is 0 Å². The summed E-state index contributed by atoms with van der Waals surface area (Å²) in [6, 6.07) is 11.8. The van der Waals surface area contributed by atoms with Gasteiger partial charge in [0, 0.05) is 11.6 Å². The van der Waals surface area contributed by atoms with Gasteiger partial charge in [-0.05, 0) is 13.0 Å². The Kier molecular flexibility index (Phi) is 4.60. The van der Waals surface area contributed by atoms with E-state index in [2.05, 4.69) is 10.1 Å². The van der Waals surface area contributed by atoms with E-state index in [0.29, 0.717) is 11.6 Å². The molecular weight excluding hydrogens is 326 g/mol. The molecule has 0 aliphatic rings. The van der Waals surface area contributed by atoms with Crippen molar-refractivity contribution in [3.63, 3.8) is 0 Å². The molecule has 1 aromatic heterocycles. The Labute approximate surface area is 143 Å². The van der Waals surface area contributed by atoms with E-state index < -0.39 is 4.92 Å². The van der Waals surface area contributed by atoms with Crippen LogP contribution in [0, 0.1) is 17.0 Å². The molecule has 0 aliphatic carbocycles. The number of hydrogen-bond donors (Lipinski definition) is 0. The molecule has 0 fully saturated rings. The fourth-order valence-corrected chi connectivity index (χ4v) is 2.16. The molecule has 8 nitrogen and oxygen atoms in total. The molecule has 0 unspecified atom stereocenters. The van der Waals surface area contributed by atoms with Gasteiger partial charge in [-0.15, -0.1) is 0 Å². The fourth-order valence-electron chi connectivity index (χ4n) is 2.16. The number of non-ortho nitro benzene ring substituents is 1. The van der Waals surface area contributed by atoms with Gasteiger partial charge in [0.2, 0.25) is 5.82 Å². The fraction of sp³-hybridized carbons (Fsp3) is 0.176. The molecule has 25 heavy (non-hydrogen) atoms. The zero-order valence-corrected chi connectivity index (χ0v) is 13.6. The molecule has 128 valence electrons. The van der Waals surface area contributed by atoms with Gasteiger partial charge < -0.3 is 14.0 Å². The molecule has 0 N–H and O–H groups in total. The summed E-state index contributed by atoms with van der Waals surface area (Å²) in [4.78, 5) is 14.6.